The molecule has 0 saturated carbocycles. The first-order chi connectivity index (χ1) is 14.3. The van der Waals surface area contributed by atoms with Crippen molar-refractivity contribution < 1.29 is 4.79 Å². The maximum Gasteiger partial charge on any atom is 0.233 e. The summed E-state index contributed by atoms with van der Waals surface area (Å²) < 4.78 is 2.07. The monoisotopic (exact) mass is 407 g/mol. The van der Waals surface area contributed by atoms with Gasteiger partial charge in [0, 0.05) is 44.0 Å². The van der Waals surface area contributed by atoms with Gasteiger partial charge < -0.3 is 14.4 Å². The molecule has 6 nitrogen and oxygen atoms in total. The number of aromatic nitrogens is 3. The number of rotatable bonds is 6. The van der Waals surface area contributed by atoms with E-state index in [0.29, 0.717) is 5.75 Å². The molecular weight excluding hydrogens is 382 g/mol. The van der Waals surface area contributed by atoms with Crippen LogP contribution in [0.3, 0.4) is 0 Å². The van der Waals surface area contributed by atoms with Crippen molar-refractivity contribution in [3.8, 4) is 11.4 Å². The summed E-state index contributed by atoms with van der Waals surface area (Å²) in [7, 11) is 0. The number of nitrogens with zero attached hydrogens (tertiary/aromatic N) is 5. The van der Waals surface area contributed by atoms with Crippen LogP contribution < -0.4 is 4.90 Å². The van der Waals surface area contributed by atoms with Gasteiger partial charge in [0.1, 0.15) is 0 Å². The molecule has 4 rings (SSSR count). The molecule has 0 unspecified atom stereocenters. The maximum atomic E-state index is 12.7. The lowest BCUT2D eigenvalue weighted by molar-refractivity contribution is -0.128. The molecule has 0 N–H and O–H groups in total. The summed E-state index contributed by atoms with van der Waals surface area (Å²) in [5, 5.41) is 9.47. The molecule has 1 fully saturated rings. The second-order valence-electron chi connectivity index (χ2n) is 6.91. The standard InChI is InChI=1S/C22H25N5OS/c1-2-27-21(18-9-5-3-6-10-18)23-24-22(27)29-17-20(28)26-15-13-25(14-16-26)19-11-7-4-8-12-19/h3-12H,2,13-17H2,1H3. The smallest absolute Gasteiger partial charge is 0.233 e. The van der Waals surface area contributed by atoms with Gasteiger partial charge in [-0.2, -0.15) is 0 Å². The Morgan fingerprint density at radius 3 is 2.24 bits per heavy atom. The van der Waals surface area contributed by atoms with Gasteiger partial charge in [0.05, 0.1) is 5.75 Å². The van der Waals surface area contributed by atoms with E-state index in [1.807, 2.05) is 41.3 Å². The molecule has 1 aromatic heterocycles. The van der Waals surface area contributed by atoms with Crippen molar-refractivity contribution >= 4 is 23.4 Å². The third kappa shape index (κ3) is 4.45. The van der Waals surface area contributed by atoms with Crippen molar-refractivity contribution in [3.63, 3.8) is 0 Å². The van der Waals surface area contributed by atoms with Gasteiger partial charge in [-0.05, 0) is 19.1 Å². The molecule has 150 valence electrons. The number of thioether (sulfide) groups is 1. The third-order valence-corrected chi connectivity index (χ3v) is 6.10. The Morgan fingerprint density at radius 1 is 0.931 bits per heavy atom. The highest BCUT2D eigenvalue weighted by atomic mass is 32.2. The number of carbonyl (C=O) groups is 1. The number of amides is 1. The second kappa shape index (κ2) is 9.13. The van der Waals surface area contributed by atoms with Crippen molar-refractivity contribution in [2.24, 2.45) is 0 Å². The van der Waals surface area contributed by atoms with Crippen molar-refractivity contribution in [1.82, 2.24) is 19.7 Å². The lowest BCUT2D eigenvalue weighted by Gasteiger charge is -2.36. The Labute approximate surface area is 175 Å². The topological polar surface area (TPSA) is 54.3 Å². The van der Waals surface area contributed by atoms with Crippen molar-refractivity contribution in [1.29, 1.82) is 0 Å². The fourth-order valence-electron chi connectivity index (χ4n) is 3.55. The molecule has 1 aliphatic heterocycles. The summed E-state index contributed by atoms with van der Waals surface area (Å²) in [4.78, 5) is 17.0. The van der Waals surface area contributed by atoms with Gasteiger partial charge in [0.2, 0.25) is 5.91 Å². The van der Waals surface area contributed by atoms with E-state index in [1.54, 1.807) is 0 Å². The van der Waals surface area contributed by atoms with Gasteiger partial charge in [-0.3, -0.25) is 4.79 Å². The molecule has 7 heteroatoms. The largest absolute Gasteiger partial charge is 0.368 e. The molecule has 0 atom stereocenters. The Balaban J connectivity index is 1.34. The Bertz CT molecular complexity index is 936. The molecule has 2 aromatic carbocycles. The lowest BCUT2D eigenvalue weighted by atomic mass is 10.2. The van der Waals surface area contributed by atoms with Crippen LogP contribution >= 0.6 is 11.8 Å². The van der Waals surface area contributed by atoms with Gasteiger partial charge in [0.25, 0.3) is 0 Å². The highest BCUT2D eigenvalue weighted by molar-refractivity contribution is 7.99. The zero-order chi connectivity index (χ0) is 20.1. The van der Waals surface area contributed by atoms with Crippen LogP contribution in [-0.4, -0.2) is 57.5 Å². The predicted octanol–water partition coefficient (Wildman–Crippen LogP) is 3.41. The Morgan fingerprint density at radius 2 is 1.59 bits per heavy atom. The van der Waals surface area contributed by atoms with Crippen molar-refractivity contribution in [2.45, 2.75) is 18.6 Å². The van der Waals surface area contributed by atoms with Gasteiger partial charge in [-0.15, -0.1) is 10.2 Å². The average Bonchev–Trinajstić information content (AvgIpc) is 3.21. The fraction of sp³-hybridized carbons (Fsp3) is 0.318. The van der Waals surface area contributed by atoms with Crippen LogP contribution in [-0.2, 0) is 11.3 Å². The summed E-state index contributed by atoms with van der Waals surface area (Å²) in [6, 6.07) is 20.4. The molecule has 0 aliphatic carbocycles. The molecule has 3 aromatic rings. The van der Waals surface area contributed by atoms with Crippen molar-refractivity contribution in [2.75, 3.05) is 36.8 Å². The van der Waals surface area contributed by atoms with Crippen LogP contribution in [0, 0.1) is 0 Å². The zero-order valence-electron chi connectivity index (χ0n) is 16.6. The van der Waals surface area contributed by atoms with Crippen molar-refractivity contribution in [3.05, 3.63) is 60.7 Å². The number of carbonyl (C=O) groups excluding carboxylic acids is 1. The van der Waals surface area contributed by atoms with Crippen LogP contribution in [0.5, 0.6) is 0 Å². The first-order valence-corrected chi connectivity index (χ1v) is 10.9. The molecule has 0 bridgehead atoms. The van der Waals surface area contributed by atoms with E-state index in [9.17, 15) is 4.79 Å². The summed E-state index contributed by atoms with van der Waals surface area (Å²) in [5.41, 5.74) is 2.26. The Hall–Kier alpha value is -2.80. The van der Waals surface area contributed by atoms with Crippen LogP contribution in [0.4, 0.5) is 5.69 Å². The predicted molar refractivity (Wildman–Crippen MR) is 117 cm³/mol. The second-order valence-corrected chi connectivity index (χ2v) is 7.85. The summed E-state index contributed by atoms with van der Waals surface area (Å²) in [6.07, 6.45) is 0. The molecule has 0 radical (unpaired) electrons. The summed E-state index contributed by atoms with van der Waals surface area (Å²) >= 11 is 1.47. The molecule has 1 saturated heterocycles. The number of benzene rings is 2. The first kappa shape index (κ1) is 19.5. The molecule has 1 aliphatic rings. The quantitative estimate of drug-likeness (QED) is 0.586. The van der Waals surface area contributed by atoms with E-state index in [-0.39, 0.29) is 5.91 Å². The van der Waals surface area contributed by atoms with Crippen LogP contribution in [0.15, 0.2) is 65.8 Å². The summed E-state index contributed by atoms with van der Waals surface area (Å²) in [5.74, 6) is 1.40. The van der Waals surface area contributed by atoms with Gasteiger partial charge in [0.15, 0.2) is 11.0 Å². The number of para-hydroxylation sites is 1. The van der Waals surface area contributed by atoms with E-state index in [4.69, 9.17) is 0 Å². The first-order valence-electron chi connectivity index (χ1n) is 9.95. The minimum Gasteiger partial charge on any atom is -0.368 e. The minimum atomic E-state index is 0.162. The summed E-state index contributed by atoms with van der Waals surface area (Å²) in [6.45, 7) is 6.08. The highest BCUT2D eigenvalue weighted by Gasteiger charge is 2.22. The SMILES string of the molecule is CCn1c(SCC(=O)N2CCN(c3ccccc3)CC2)nnc1-c1ccccc1. The molecule has 1 amide bonds. The number of piperazine rings is 1. The zero-order valence-corrected chi connectivity index (χ0v) is 17.4. The highest BCUT2D eigenvalue weighted by Crippen LogP contribution is 2.24. The third-order valence-electron chi connectivity index (χ3n) is 5.14. The molecular formula is C22H25N5OS. The van der Waals surface area contributed by atoms with Crippen LogP contribution in [0.25, 0.3) is 11.4 Å². The van der Waals surface area contributed by atoms with E-state index >= 15 is 0 Å². The number of hydrogen-bond donors (Lipinski definition) is 0. The number of anilines is 1. The normalized spacial score (nSPS) is 14.2. The average molecular weight is 408 g/mol. The van der Waals surface area contributed by atoms with Gasteiger partial charge >= 0.3 is 0 Å². The van der Waals surface area contributed by atoms with E-state index in [0.717, 1.165) is 49.3 Å². The molecule has 2 heterocycles. The van der Waals surface area contributed by atoms with E-state index in [2.05, 4.69) is 50.9 Å². The molecule has 29 heavy (non-hydrogen) atoms. The van der Waals surface area contributed by atoms with E-state index in [1.165, 1.54) is 17.4 Å². The Kier molecular flexibility index (Phi) is 6.14. The molecule has 0 spiro atoms. The minimum absolute atomic E-state index is 0.162. The van der Waals surface area contributed by atoms with E-state index < -0.39 is 0 Å². The van der Waals surface area contributed by atoms with Gasteiger partial charge in [-0.25, -0.2) is 0 Å². The number of hydrogen-bond acceptors (Lipinski definition) is 5. The lowest BCUT2D eigenvalue weighted by Crippen LogP contribution is -2.49. The van der Waals surface area contributed by atoms with Crippen LogP contribution in [0.1, 0.15) is 6.92 Å². The fourth-order valence-corrected chi connectivity index (χ4v) is 4.46. The van der Waals surface area contributed by atoms with Gasteiger partial charge in [-0.1, -0.05) is 60.3 Å². The van der Waals surface area contributed by atoms with Crippen LogP contribution in [0.2, 0.25) is 0 Å². The maximum absolute atomic E-state index is 12.7.